The molecule has 2 aromatic heterocycles. The number of hydrogen-bond acceptors (Lipinski definition) is 2. The van der Waals surface area contributed by atoms with Crippen molar-refractivity contribution in [1.29, 1.82) is 0 Å². The first-order valence-corrected chi connectivity index (χ1v) is 28.5. The van der Waals surface area contributed by atoms with Crippen LogP contribution >= 0.6 is 11.3 Å². The summed E-state index contributed by atoms with van der Waals surface area (Å²) in [6.45, 7) is 39.6. The predicted molar refractivity (Wildman–Crippen MR) is 312 cm³/mol. The minimum absolute atomic E-state index is 0.0268. The third-order valence-electron chi connectivity index (χ3n) is 21.2. The largest absolute Gasteiger partial charge is 0.310 e. The summed E-state index contributed by atoms with van der Waals surface area (Å²) in [6.07, 6.45) is 6.24. The Kier molecular flexibility index (Phi) is 8.61. The zero-order valence-electron chi connectivity index (χ0n) is 46.2. The minimum atomic E-state index is -0.0941. The molecule has 2 nitrogen and oxygen atoms in total. The van der Waals surface area contributed by atoms with E-state index in [4.69, 9.17) is 0 Å². The van der Waals surface area contributed by atoms with E-state index in [2.05, 4.69) is 229 Å². The third kappa shape index (κ3) is 5.49. The van der Waals surface area contributed by atoms with Crippen molar-refractivity contribution in [3.63, 3.8) is 0 Å². The average molecular weight is 963 g/mol. The number of hydrogen-bond donors (Lipinski definition) is 0. The fraction of sp³-hybridized carbons (Fsp3) is 0.441. The second-order valence-electron chi connectivity index (χ2n) is 29.1. The van der Waals surface area contributed by atoms with E-state index in [9.17, 15) is 0 Å². The smallest absolute Gasteiger partial charge is 0.264 e. The molecule has 0 radical (unpaired) electrons. The van der Waals surface area contributed by atoms with Crippen LogP contribution in [0.5, 0.6) is 0 Å². The van der Waals surface area contributed by atoms with Gasteiger partial charge in [-0.1, -0.05) is 153 Å². The first kappa shape index (κ1) is 45.6. The van der Waals surface area contributed by atoms with E-state index in [1.165, 1.54) is 136 Å². The Morgan fingerprint density at radius 3 is 1.88 bits per heavy atom. The Balaban J connectivity index is 1.14. The van der Waals surface area contributed by atoms with Crippen molar-refractivity contribution in [2.75, 3.05) is 4.90 Å². The molecule has 3 unspecified atom stereocenters. The number of anilines is 3. The number of benzene rings is 6. The molecule has 1 spiro atoms. The molecule has 72 heavy (non-hydrogen) atoms. The molecule has 0 N–H and O–H groups in total. The maximum absolute atomic E-state index is 2.82. The molecule has 4 aliphatic carbocycles. The summed E-state index contributed by atoms with van der Waals surface area (Å²) in [5.74, 6) is 0.702. The Bertz CT molecular complexity index is 3750. The highest BCUT2D eigenvalue weighted by Gasteiger charge is 2.71. The second-order valence-corrected chi connectivity index (χ2v) is 30.2. The van der Waals surface area contributed by atoms with Crippen LogP contribution in [0.1, 0.15) is 182 Å². The van der Waals surface area contributed by atoms with Gasteiger partial charge >= 0.3 is 0 Å². The quantitative estimate of drug-likeness (QED) is 0.149. The summed E-state index contributed by atoms with van der Waals surface area (Å²) >= 11 is 2.10. The molecule has 3 atom stereocenters. The van der Waals surface area contributed by atoms with Crippen molar-refractivity contribution >= 4 is 82.7 Å². The van der Waals surface area contributed by atoms with Gasteiger partial charge in [0.05, 0.1) is 11.2 Å². The van der Waals surface area contributed by atoms with Crippen molar-refractivity contribution in [1.82, 2.24) is 4.57 Å². The molecule has 6 aromatic carbocycles. The number of nitrogens with zero attached hydrogens (tertiary/aromatic N) is 2. The molecule has 14 rings (SSSR count). The van der Waals surface area contributed by atoms with Crippen molar-refractivity contribution in [2.45, 2.75) is 175 Å². The van der Waals surface area contributed by atoms with Crippen LogP contribution in [0.3, 0.4) is 0 Å². The van der Waals surface area contributed by atoms with Gasteiger partial charge in [-0.15, -0.1) is 11.3 Å². The molecule has 4 heterocycles. The molecule has 0 saturated heterocycles. The summed E-state index contributed by atoms with van der Waals surface area (Å²) in [5.41, 5.74) is 24.8. The lowest BCUT2D eigenvalue weighted by molar-refractivity contribution is 0.0990. The first-order chi connectivity index (χ1) is 33.7. The van der Waals surface area contributed by atoms with E-state index in [1.54, 1.807) is 16.7 Å². The molecule has 2 bridgehead atoms. The van der Waals surface area contributed by atoms with Crippen LogP contribution in [-0.2, 0) is 32.5 Å². The molecule has 6 aliphatic rings. The van der Waals surface area contributed by atoms with Crippen LogP contribution in [0.2, 0.25) is 0 Å². The standard InChI is InChI=1S/C68H75BN2S/c1-61(2,3)38-21-24-53-45(29-38)46-30-40(62(4,5)6)31-52-58(46)71(53)55-33-41(63(7,8)9)32-54-57(55)69(52)60-59(47-35-50-51(36-56(47)72-60)65(12,13)28-27-64(50,10)11)70(54)42-22-23-44-43-19-17-18-20-48(43)68(49(44)34-42)37-39-25-26-67(68,16)66(39,14)15/h17-24,29-36,39H,25-28,37H2,1-16H3. The highest BCUT2D eigenvalue weighted by molar-refractivity contribution is 7.33. The van der Waals surface area contributed by atoms with E-state index in [1.807, 2.05) is 0 Å². The van der Waals surface area contributed by atoms with E-state index >= 15 is 0 Å². The predicted octanol–water partition coefficient (Wildman–Crippen LogP) is 17.0. The van der Waals surface area contributed by atoms with Gasteiger partial charge in [0.2, 0.25) is 0 Å². The van der Waals surface area contributed by atoms with E-state index < -0.39 is 0 Å². The third-order valence-corrected chi connectivity index (χ3v) is 22.4. The van der Waals surface area contributed by atoms with Crippen LogP contribution in [0.25, 0.3) is 48.7 Å². The molecule has 2 saturated carbocycles. The normalized spacial score (nSPS) is 23.8. The highest BCUT2D eigenvalue weighted by atomic mass is 32.1. The lowest BCUT2D eigenvalue weighted by Crippen LogP contribution is -2.59. The molecule has 2 aliphatic heterocycles. The van der Waals surface area contributed by atoms with Crippen LogP contribution in [0.4, 0.5) is 17.1 Å². The second kappa shape index (κ2) is 13.6. The monoisotopic (exact) mass is 963 g/mol. The summed E-state index contributed by atoms with van der Waals surface area (Å²) < 4.78 is 5.64. The lowest BCUT2D eigenvalue weighted by Gasteiger charge is -2.48. The Morgan fingerprint density at radius 1 is 0.569 bits per heavy atom. The van der Waals surface area contributed by atoms with Crippen LogP contribution in [0, 0.1) is 16.7 Å². The summed E-state index contributed by atoms with van der Waals surface area (Å²) in [7, 11) is 0. The summed E-state index contributed by atoms with van der Waals surface area (Å²) in [5, 5.41) is 4.18. The molecular formula is C68H75BN2S. The van der Waals surface area contributed by atoms with Crippen LogP contribution in [0.15, 0.2) is 97.1 Å². The number of thiophene rings is 1. The zero-order valence-corrected chi connectivity index (χ0v) is 47.0. The number of rotatable bonds is 1. The highest BCUT2D eigenvalue weighted by Crippen LogP contribution is 2.78. The molecule has 8 aromatic rings. The Hall–Kier alpha value is -5.06. The first-order valence-electron chi connectivity index (χ1n) is 27.7. The molecular weight excluding hydrogens is 888 g/mol. The van der Waals surface area contributed by atoms with Gasteiger partial charge in [0.1, 0.15) is 0 Å². The van der Waals surface area contributed by atoms with Crippen molar-refractivity contribution < 1.29 is 0 Å². The fourth-order valence-electron chi connectivity index (χ4n) is 16.3. The fourth-order valence-corrected chi connectivity index (χ4v) is 17.6. The van der Waals surface area contributed by atoms with E-state index in [0.717, 1.165) is 0 Å². The molecule has 0 amide bonds. The SMILES string of the molecule is CC(C)(C)c1cc2c3c(c1)-n1c4ccc(C(C)(C)C)cc4c4cc(C(C)(C)C)cc(c41)B3c1sc3cc4c(cc3c1N2c1ccc2c(c1)C1(CC3CCC1(C)C3(C)C)c1ccccc1-2)C(C)(C)CCC4(C)C. The topological polar surface area (TPSA) is 8.17 Å². The van der Waals surface area contributed by atoms with E-state index in [-0.39, 0.29) is 50.0 Å². The van der Waals surface area contributed by atoms with Gasteiger partial charge in [-0.2, -0.15) is 0 Å². The van der Waals surface area contributed by atoms with Gasteiger partial charge < -0.3 is 9.47 Å². The molecule has 4 heteroatoms. The van der Waals surface area contributed by atoms with Gasteiger partial charge in [-0.3, -0.25) is 0 Å². The zero-order chi connectivity index (χ0) is 50.6. The minimum Gasteiger partial charge on any atom is -0.310 e. The van der Waals surface area contributed by atoms with Crippen molar-refractivity contribution in [2.24, 2.45) is 16.7 Å². The van der Waals surface area contributed by atoms with Gasteiger partial charge in [0, 0.05) is 53.6 Å². The Morgan fingerprint density at radius 2 is 1.21 bits per heavy atom. The maximum Gasteiger partial charge on any atom is 0.264 e. The maximum atomic E-state index is 2.82. The number of aromatic nitrogens is 1. The summed E-state index contributed by atoms with van der Waals surface area (Å²) in [4.78, 5) is 2.82. The van der Waals surface area contributed by atoms with Crippen molar-refractivity contribution in [3.05, 3.63) is 136 Å². The van der Waals surface area contributed by atoms with E-state index in [0.29, 0.717) is 5.92 Å². The average Bonchev–Trinajstić information content (AvgIpc) is 4.04. The summed E-state index contributed by atoms with van der Waals surface area (Å²) in [6, 6.07) is 40.6. The number of fused-ring (bicyclic) bond motifs is 18. The Labute approximate surface area is 434 Å². The van der Waals surface area contributed by atoms with Crippen LogP contribution in [-0.4, -0.2) is 11.3 Å². The van der Waals surface area contributed by atoms with Gasteiger partial charge in [-0.05, 0) is 192 Å². The van der Waals surface area contributed by atoms with Gasteiger partial charge in [0.15, 0.2) is 0 Å². The molecule has 366 valence electrons. The van der Waals surface area contributed by atoms with Crippen LogP contribution < -0.4 is 20.6 Å². The van der Waals surface area contributed by atoms with Crippen molar-refractivity contribution in [3.8, 4) is 16.8 Å². The lowest BCUT2D eigenvalue weighted by atomic mass is 9.36. The molecule has 2 fully saturated rings. The van der Waals surface area contributed by atoms with Gasteiger partial charge in [-0.25, -0.2) is 0 Å². The van der Waals surface area contributed by atoms with Gasteiger partial charge in [0.25, 0.3) is 6.71 Å².